The largest absolute Gasteiger partial charge is 0.490 e. The Kier molecular flexibility index (Phi) is 8.61. The zero-order valence-corrected chi connectivity index (χ0v) is 24.1. The van der Waals surface area contributed by atoms with Gasteiger partial charge in [0.25, 0.3) is 17.1 Å². The first-order valence-electron chi connectivity index (χ1n) is 13.0. The summed E-state index contributed by atoms with van der Waals surface area (Å²) in [6, 6.07) is 24.3. The van der Waals surface area contributed by atoms with E-state index in [2.05, 4.69) is 5.32 Å². The van der Waals surface area contributed by atoms with Crippen LogP contribution >= 0.6 is 23.4 Å². The lowest BCUT2D eigenvalue weighted by molar-refractivity contribution is -0.123. The van der Waals surface area contributed by atoms with Crippen molar-refractivity contribution in [2.24, 2.45) is 0 Å². The Morgan fingerprint density at radius 3 is 2.54 bits per heavy atom. The minimum Gasteiger partial charge on any atom is -0.490 e. The second-order valence-corrected chi connectivity index (χ2v) is 10.8. The van der Waals surface area contributed by atoms with Crippen LogP contribution in [0.1, 0.15) is 23.6 Å². The molecule has 4 aromatic rings. The molecule has 0 radical (unpaired) electrons. The Morgan fingerprint density at radius 1 is 0.951 bits per heavy atom. The second-order valence-electron chi connectivity index (χ2n) is 9.39. The van der Waals surface area contributed by atoms with Gasteiger partial charge >= 0.3 is 0 Å². The zero-order valence-electron chi connectivity index (χ0n) is 22.5. The normalized spacial score (nSPS) is 14.1. The number of hydrogen-bond acceptors (Lipinski definition) is 6. The van der Waals surface area contributed by atoms with E-state index in [1.165, 1.54) is 4.90 Å². The number of nitrogens with one attached hydrogen (secondary N) is 1. The van der Waals surface area contributed by atoms with Crippen LogP contribution < -0.4 is 14.8 Å². The van der Waals surface area contributed by atoms with Gasteiger partial charge in [0.05, 0.1) is 18.1 Å². The van der Waals surface area contributed by atoms with Crippen molar-refractivity contribution in [3.8, 4) is 11.5 Å². The second kappa shape index (κ2) is 12.5. The van der Waals surface area contributed by atoms with Crippen LogP contribution in [-0.2, 0) is 16.1 Å². The van der Waals surface area contributed by atoms with Crippen molar-refractivity contribution in [2.45, 2.75) is 20.4 Å². The number of nitrogens with zero attached hydrogens (tertiary/aromatic N) is 1. The minimum absolute atomic E-state index is 0.195. The molecule has 0 aromatic heterocycles. The van der Waals surface area contributed by atoms with Crippen LogP contribution in [0.25, 0.3) is 16.8 Å². The van der Waals surface area contributed by atoms with E-state index < -0.39 is 0 Å². The summed E-state index contributed by atoms with van der Waals surface area (Å²) >= 11 is 7.04. The molecular weight excluding hydrogens is 560 g/mol. The van der Waals surface area contributed by atoms with Gasteiger partial charge in [0, 0.05) is 10.7 Å². The van der Waals surface area contributed by atoms with Gasteiger partial charge in [-0.15, -0.1) is 0 Å². The molecule has 7 nitrogen and oxygen atoms in total. The van der Waals surface area contributed by atoms with E-state index in [4.69, 9.17) is 21.1 Å². The molecule has 3 amide bonds. The number of benzene rings is 4. The lowest BCUT2D eigenvalue weighted by atomic mass is 10.1. The summed E-state index contributed by atoms with van der Waals surface area (Å²) in [5, 5.41) is 5.14. The van der Waals surface area contributed by atoms with Gasteiger partial charge in [-0.25, -0.2) is 0 Å². The standard InChI is InChI=1S/C32H27ClN2O5S/c1-3-39-28-15-21(10-13-27(28)40-19-30(36)34-25-12-8-20(2)26(33)17-25)16-29-31(37)35(32(38)41-29)18-22-9-11-23-6-4-5-7-24(23)14-22/h4-17H,3,18-19H2,1-2H3,(H,34,36)/b29-16-. The predicted octanol–water partition coefficient (Wildman–Crippen LogP) is 7.45. The van der Waals surface area contributed by atoms with E-state index in [1.54, 1.807) is 36.4 Å². The van der Waals surface area contributed by atoms with E-state index in [1.807, 2.05) is 62.4 Å². The van der Waals surface area contributed by atoms with Crippen molar-refractivity contribution in [3.05, 3.63) is 105 Å². The van der Waals surface area contributed by atoms with Crippen molar-refractivity contribution in [1.82, 2.24) is 4.90 Å². The topological polar surface area (TPSA) is 84.9 Å². The van der Waals surface area contributed by atoms with E-state index in [9.17, 15) is 14.4 Å². The van der Waals surface area contributed by atoms with Crippen molar-refractivity contribution < 1.29 is 23.9 Å². The molecule has 1 aliphatic rings. The summed E-state index contributed by atoms with van der Waals surface area (Å²) in [4.78, 5) is 39.9. The smallest absolute Gasteiger partial charge is 0.293 e. The Balaban J connectivity index is 1.26. The van der Waals surface area contributed by atoms with E-state index in [0.717, 1.165) is 33.7 Å². The van der Waals surface area contributed by atoms with Crippen LogP contribution in [0, 0.1) is 6.92 Å². The molecule has 1 saturated heterocycles. The molecule has 4 aromatic carbocycles. The van der Waals surface area contributed by atoms with Crippen LogP contribution in [0.2, 0.25) is 5.02 Å². The highest BCUT2D eigenvalue weighted by molar-refractivity contribution is 8.18. The van der Waals surface area contributed by atoms with Gasteiger partial charge in [-0.1, -0.05) is 60.1 Å². The lowest BCUT2D eigenvalue weighted by Crippen LogP contribution is -2.27. The fraction of sp³-hybridized carbons (Fsp3) is 0.156. The summed E-state index contributed by atoms with van der Waals surface area (Å²) in [5.74, 6) is 0.101. The number of hydrogen-bond donors (Lipinski definition) is 1. The van der Waals surface area contributed by atoms with E-state index >= 15 is 0 Å². The summed E-state index contributed by atoms with van der Waals surface area (Å²) in [6.07, 6.45) is 1.66. The van der Waals surface area contributed by atoms with Crippen molar-refractivity contribution in [1.29, 1.82) is 0 Å². The number of imide groups is 1. The van der Waals surface area contributed by atoms with Crippen molar-refractivity contribution in [3.63, 3.8) is 0 Å². The van der Waals surface area contributed by atoms with Crippen LogP contribution in [-0.4, -0.2) is 35.2 Å². The average molecular weight is 587 g/mol. The zero-order chi connectivity index (χ0) is 28.9. The Labute approximate surface area is 247 Å². The van der Waals surface area contributed by atoms with Gasteiger partial charge < -0.3 is 14.8 Å². The van der Waals surface area contributed by atoms with E-state index in [0.29, 0.717) is 39.3 Å². The first-order chi connectivity index (χ1) is 19.8. The minimum atomic E-state index is -0.350. The maximum absolute atomic E-state index is 13.1. The number of rotatable bonds is 9. The molecule has 1 N–H and O–H groups in total. The summed E-state index contributed by atoms with van der Waals surface area (Å²) in [7, 11) is 0. The number of anilines is 1. The fourth-order valence-corrected chi connectivity index (χ4v) is 5.34. The maximum atomic E-state index is 13.1. The van der Waals surface area contributed by atoms with Crippen molar-refractivity contribution in [2.75, 3.05) is 18.5 Å². The molecule has 1 aliphatic heterocycles. The number of aryl methyl sites for hydroxylation is 1. The third-order valence-corrected chi connectivity index (χ3v) is 7.72. The Morgan fingerprint density at radius 2 is 1.76 bits per heavy atom. The molecule has 41 heavy (non-hydrogen) atoms. The number of ether oxygens (including phenoxy) is 2. The molecular formula is C32H27ClN2O5S. The predicted molar refractivity (Wildman–Crippen MR) is 163 cm³/mol. The van der Waals surface area contributed by atoms with Crippen molar-refractivity contribution >= 4 is 63.0 Å². The summed E-state index contributed by atoms with van der Waals surface area (Å²) < 4.78 is 11.5. The quantitative estimate of drug-likeness (QED) is 0.205. The number of carbonyl (C=O) groups excluding carboxylic acids is 3. The molecule has 0 atom stereocenters. The summed E-state index contributed by atoms with van der Waals surface area (Å²) in [6.45, 7) is 4.05. The lowest BCUT2D eigenvalue weighted by Gasteiger charge is -2.13. The summed E-state index contributed by atoms with van der Waals surface area (Å²) in [5.41, 5.74) is 3.03. The van der Waals surface area contributed by atoms with Crippen LogP contribution in [0.5, 0.6) is 11.5 Å². The first-order valence-corrected chi connectivity index (χ1v) is 14.2. The highest BCUT2D eigenvalue weighted by Crippen LogP contribution is 2.35. The van der Waals surface area contributed by atoms with Gasteiger partial charge in [0.15, 0.2) is 18.1 Å². The fourth-order valence-electron chi connectivity index (χ4n) is 4.32. The molecule has 1 fully saturated rings. The van der Waals surface area contributed by atoms with Crippen LogP contribution in [0.15, 0.2) is 83.8 Å². The number of amides is 3. The highest BCUT2D eigenvalue weighted by Gasteiger charge is 2.35. The molecule has 9 heteroatoms. The molecule has 0 saturated carbocycles. The van der Waals surface area contributed by atoms with Gasteiger partial charge in [-0.05, 0) is 89.5 Å². The number of halogens is 1. The Hall–Kier alpha value is -4.27. The number of thioether (sulfide) groups is 1. The average Bonchev–Trinajstić information content (AvgIpc) is 3.22. The maximum Gasteiger partial charge on any atom is 0.293 e. The third kappa shape index (κ3) is 6.73. The van der Waals surface area contributed by atoms with E-state index in [-0.39, 0.29) is 30.2 Å². The highest BCUT2D eigenvalue weighted by atomic mass is 35.5. The first kappa shape index (κ1) is 28.3. The molecule has 208 valence electrons. The SMILES string of the molecule is CCOc1cc(/C=C2\SC(=O)N(Cc3ccc4ccccc4c3)C2=O)ccc1OCC(=O)Nc1ccc(C)c(Cl)c1. The molecule has 0 unspecified atom stereocenters. The molecule has 5 rings (SSSR count). The van der Waals surface area contributed by atoms with Gasteiger partial charge in [-0.3, -0.25) is 19.3 Å². The number of carbonyl (C=O) groups is 3. The molecule has 0 aliphatic carbocycles. The molecule has 1 heterocycles. The van der Waals surface area contributed by atoms with Gasteiger partial charge in [0.2, 0.25) is 0 Å². The number of fused-ring (bicyclic) bond motifs is 1. The third-order valence-electron chi connectivity index (χ3n) is 6.41. The van der Waals surface area contributed by atoms with Gasteiger partial charge in [0.1, 0.15) is 0 Å². The molecule has 0 bridgehead atoms. The molecule has 0 spiro atoms. The van der Waals surface area contributed by atoms with Crippen LogP contribution in [0.4, 0.5) is 10.5 Å². The Bertz CT molecular complexity index is 1690. The van der Waals surface area contributed by atoms with Gasteiger partial charge in [-0.2, -0.15) is 0 Å². The van der Waals surface area contributed by atoms with Crippen LogP contribution in [0.3, 0.4) is 0 Å². The monoisotopic (exact) mass is 586 g/mol.